The number of carbonyl (C=O) groups is 3. The lowest BCUT2D eigenvalue weighted by Crippen LogP contribution is -2.62. The summed E-state index contributed by atoms with van der Waals surface area (Å²) in [6, 6.07) is 1.56. The van der Waals surface area contributed by atoms with E-state index in [2.05, 4.69) is 4.74 Å². The van der Waals surface area contributed by atoms with Gasteiger partial charge < -0.3 is 14.7 Å². The molecule has 9 nitrogen and oxygen atoms in total. The van der Waals surface area contributed by atoms with E-state index >= 15 is 0 Å². The molecule has 1 heterocycles. The second-order valence-corrected chi connectivity index (χ2v) is 11.0. The smallest absolute Gasteiger partial charge is 0.508 e. The summed E-state index contributed by atoms with van der Waals surface area (Å²) >= 11 is 0. The lowest BCUT2D eigenvalue weighted by Gasteiger charge is -2.58. The number of imide groups is 1. The lowest BCUT2D eigenvalue weighted by molar-refractivity contribution is -0.274. The van der Waals surface area contributed by atoms with E-state index in [0.717, 1.165) is 56.7 Å². The molecule has 1 aromatic carbocycles. The van der Waals surface area contributed by atoms with Gasteiger partial charge >= 0.3 is 12.4 Å². The normalized spacial score (nSPS) is 30.8. The summed E-state index contributed by atoms with van der Waals surface area (Å²) in [7, 11) is 0. The highest BCUT2D eigenvalue weighted by Crippen LogP contribution is 2.58. The predicted octanol–water partition coefficient (Wildman–Crippen LogP) is 4.07. The quantitative estimate of drug-likeness (QED) is 0.268. The second-order valence-electron chi connectivity index (χ2n) is 11.0. The number of hydrogen-bond acceptors (Lipinski definition) is 6. The SMILES string of the molecule is O=C(CCCC1C(=O)N(C23CC4CC(CC(C4)C2)C3)C(=O)N1Cc1cc(OC(F)(F)F)ccc1O)NO. The van der Waals surface area contributed by atoms with Gasteiger partial charge in [-0.1, -0.05) is 0 Å². The molecular weight excluding hydrogens is 495 g/mol. The number of benzene rings is 1. The van der Waals surface area contributed by atoms with Crippen molar-refractivity contribution in [3.05, 3.63) is 23.8 Å². The van der Waals surface area contributed by atoms with E-state index in [1.807, 2.05) is 0 Å². The molecule has 37 heavy (non-hydrogen) atoms. The summed E-state index contributed by atoms with van der Waals surface area (Å²) in [6.45, 7) is -0.300. The van der Waals surface area contributed by atoms with Gasteiger partial charge in [0.05, 0.1) is 12.1 Å². The van der Waals surface area contributed by atoms with E-state index in [-0.39, 0.29) is 43.0 Å². The van der Waals surface area contributed by atoms with Crippen LogP contribution in [0.3, 0.4) is 0 Å². The minimum absolute atomic E-state index is 0.00774. The zero-order valence-electron chi connectivity index (χ0n) is 20.2. The van der Waals surface area contributed by atoms with Gasteiger partial charge in [-0.05, 0) is 87.3 Å². The van der Waals surface area contributed by atoms with Gasteiger partial charge in [0.25, 0.3) is 5.91 Å². The third-order valence-corrected chi connectivity index (χ3v) is 8.43. The number of nitrogens with one attached hydrogen (secondary N) is 1. The number of ether oxygens (including phenoxy) is 1. The van der Waals surface area contributed by atoms with Crippen molar-refractivity contribution in [3.63, 3.8) is 0 Å². The first-order valence-electron chi connectivity index (χ1n) is 12.6. The van der Waals surface area contributed by atoms with Gasteiger partial charge in [-0.25, -0.2) is 10.3 Å². The highest BCUT2D eigenvalue weighted by Gasteiger charge is 2.60. The van der Waals surface area contributed by atoms with Crippen LogP contribution < -0.4 is 10.2 Å². The molecule has 202 valence electrons. The number of alkyl halides is 3. The second kappa shape index (κ2) is 9.38. The highest BCUT2D eigenvalue weighted by molar-refractivity contribution is 6.05. The van der Waals surface area contributed by atoms with Gasteiger partial charge in [-0.2, -0.15) is 0 Å². The molecule has 1 unspecified atom stereocenters. The van der Waals surface area contributed by atoms with E-state index in [9.17, 15) is 32.7 Å². The molecule has 1 aliphatic heterocycles. The van der Waals surface area contributed by atoms with E-state index in [0.29, 0.717) is 17.8 Å². The van der Waals surface area contributed by atoms with Crippen LogP contribution in [0.2, 0.25) is 0 Å². The first kappa shape index (κ1) is 25.6. The fraction of sp³-hybridized carbons (Fsp3) is 0.640. The number of phenols is 1. The molecule has 6 rings (SSSR count). The van der Waals surface area contributed by atoms with Crippen LogP contribution >= 0.6 is 0 Å². The number of amides is 4. The average Bonchev–Trinajstić information content (AvgIpc) is 3.03. The van der Waals surface area contributed by atoms with Gasteiger partial charge in [0, 0.05) is 12.0 Å². The number of halogens is 3. The predicted molar refractivity (Wildman–Crippen MR) is 121 cm³/mol. The molecule has 4 saturated carbocycles. The molecule has 0 radical (unpaired) electrons. The summed E-state index contributed by atoms with van der Waals surface area (Å²) in [5.41, 5.74) is 0.978. The molecule has 0 aromatic heterocycles. The van der Waals surface area contributed by atoms with Crippen LogP contribution in [-0.2, 0) is 16.1 Å². The number of phenolic OH excluding ortho intramolecular Hbond substituents is 1. The maximum absolute atomic E-state index is 13.8. The molecule has 0 spiro atoms. The first-order valence-corrected chi connectivity index (χ1v) is 12.6. The molecule has 4 amide bonds. The Balaban J connectivity index is 1.43. The van der Waals surface area contributed by atoms with Crippen LogP contribution in [0.5, 0.6) is 11.5 Å². The molecule has 4 bridgehead atoms. The fourth-order valence-corrected chi connectivity index (χ4v) is 7.45. The summed E-state index contributed by atoms with van der Waals surface area (Å²) in [5.74, 6) is -0.489. The van der Waals surface area contributed by atoms with Crippen LogP contribution in [0.15, 0.2) is 18.2 Å². The van der Waals surface area contributed by atoms with Crippen LogP contribution in [0.4, 0.5) is 18.0 Å². The molecule has 5 aliphatic rings. The van der Waals surface area contributed by atoms with Crippen molar-refractivity contribution in [1.29, 1.82) is 0 Å². The zero-order chi connectivity index (χ0) is 26.5. The Morgan fingerprint density at radius 1 is 1.11 bits per heavy atom. The van der Waals surface area contributed by atoms with E-state index in [1.165, 1.54) is 15.3 Å². The highest BCUT2D eigenvalue weighted by atomic mass is 19.4. The Bertz CT molecular complexity index is 1060. The third-order valence-electron chi connectivity index (χ3n) is 8.43. The van der Waals surface area contributed by atoms with E-state index in [4.69, 9.17) is 5.21 Å². The van der Waals surface area contributed by atoms with Crippen LogP contribution in [-0.4, -0.2) is 55.9 Å². The minimum atomic E-state index is -4.93. The fourth-order valence-electron chi connectivity index (χ4n) is 7.45. The number of rotatable bonds is 8. The molecular formula is C25H30F3N3O6. The van der Waals surface area contributed by atoms with Crippen molar-refractivity contribution in [1.82, 2.24) is 15.3 Å². The molecule has 1 aromatic rings. The van der Waals surface area contributed by atoms with Gasteiger partial charge in [0.1, 0.15) is 17.5 Å². The Labute approximate surface area is 211 Å². The van der Waals surface area contributed by atoms with Gasteiger partial charge in [-0.15, -0.1) is 13.2 Å². The van der Waals surface area contributed by atoms with Gasteiger partial charge in [-0.3, -0.25) is 19.7 Å². The first-order chi connectivity index (χ1) is 17.5. The summed E-state index contributed by atoms with van der Waals surface area (Å²) in [5, 5.41) is 19.1. The van der Waals surface area contributed by atoms with Crippen molar-refractivity contribution in [2.45, 2.75) is 82.3 Å². The van der Waals surface area contributed by atoms with E-state index < -0.39 is 35.6 Å². The Hall–Kier alpha value is -3.02. The molecule has 12 heteroatoms. The maximum Gasteiger partial charge on any atom is 0.573 e. The zero-order valence-corrected chi connectivity index (χ0v) is 20.2. The minimum Gasteiger partial charge on any atom is -0.508 e. The van der Waals surface area contributed by atoms with Crippen LogP contribution in [0.25, 0.3) is 0 Å². The van der Waals surface area contributed by atoms with Crippen molar-refractivity contribution < 1.29 is 42.6 Å². The number of urea groups is 1. The van der Waals surface area contributed by atoms with Crippen molar-refractivity contribution in [2.24, 2.45) is 17.8 Å². The number of hydrogen-bond donors (Lipinski definition) is 3. The van der Waals surface area contributed by atoms with Crippen LogP contribution in [0.1, 0.15) is 63.4 Å². The van der Waals surface area contributed by atoms with Crippen LogP contribution in [0, 0.1) is 17.8 Å². The number of nitrogens with zero attached hydrogens (tertiary/aromatic N) is 2. The van der Waals surface area contributed by atoms with Gasteiger partial charge in [0.15, 0.2) is 0 Å². The Kier molecular flexibility index (Phi) is 6.49. The largest absolute Gasteiger partial charge is 0.573 e. The van der Waals surface area contributed by atoms with Crippen molar-refractivity contribution in [2.75, 3.05) is 0 Å². The third kappa shape index (κ3) is 4.95. The summed E-state index contributed by atoms with van der Waals surface area (Å²) in [6.07, 6.45) is 0.915. The summed E-state index contributed by atoms with van der Waals surface area (Å²) in [4.78, 5) is 41.8. The number of aromatic hydroxyl groups is 1. The monoisotopic (exact) mass is 525 g/mol. The lowest BCUT2D eigenvalue weighted by atomic mass is 9.52. The maximum atomic E-state index is 13.8. The number of carbonyl (C=O) groups excluding carboxylic acids is 3. The molecule has 1 saturated heterocycles. The standard InChI is InChI=1S/C25H30F3N3O6/c26-25(27,28)37-18-4-5-20(32)17(9-18)13-30-19(2-1-3-21(33)29-36)22(34)31(23(30)35)24-10-14-6-15(11-24)8-16(7-14)12-24/h4-5,9,14-16,19,32,36H,1-3,6-8,10-13H2,(H,29,33). The molecule has 3 N–H and O–H groups in total. The number of hydroxylamine groups is 1. The van der Waals surface area contributed by atoms with Gasteiger partial charge in [0.2, 0.25) is 5.91 Å². The summed E-state index contributed by atoms with van der Waals surface area (Å²) < 4.78 is 42.2. The average molecular weight is 526 g/mol. The Morgan fingerprint density at radius 3 is 2.30 bits per heavy atom. The van der Waals surface area contributed by atoms with E-state index in [1.54, 1.807) is 0 Å². The van der Waals surface area contributed by atoms with Crippen molar-refractivity contribution in [3.8, 4) is 11.5 Å². The molecule has 1 atom stereocenters. The van der Waals surface area contributed by atoms with Crippen molar-refractivity contribution >= 4 is 17.8 Å². The molecule has 5 fully saturated rings. The Morgan fingerprint density at radius 2 is 1.73 bits per heavy atom. The molecule has 4 aliphatic carbocycles. The topological polar surface area (TPSA) is 119 Å².